The predicted molar refractivity (Wildman–Crippen MR) is 99.6 cm³/mol. The average molecular weight is 315 g/mol. The number of carbonyl (C=O) groups excluding carboxylic acids is 1. The number of rotatable bonds is 4. The van der Waals surface area contributed by atoms with E-state index in [1.54, 1.807) is 0 Å². The van der Waals surface area contributed by atoms with E-state index < -0.39 is 0 Å². The second-order valence-electron chi connectivity index (χ2n) is 6.02. The lowest BCUT2D eigenvalue weighted by molar-refractivity contribution is 0.102. The topological polar surface area (TPSA) is 29.1 Å². The van der Waals surface area contributed by atoms with Crippen LogP contribution in [0.15, 0.2) is 72.8 Å². The molecule has 0 aliphatic heterocycles. The number of anilines is 1. The fourth-order valence-corrected chi connectivity index (χ4v) is 2.80. The molecule has 0 saturated heterocycles. The first-order chi connectivity index (χ1) is 11.6. The lowest BCUT2D eigenvalue weighted by atomic mass is 10.0. The molecule has 0 aliphatic carbocycles. The molecule has 0 fully saturated rings. The van der Waals surface area contributed by atoms with Crippen LogP contribution >= 0.6 is 0 Å². The quantitative estimate of drug-likeness (QED) is 0.709. The van der Waals surface area contributed by atoms with E-state index in [9.17, 15) is 4.79 Å². The van der Waals surface area contributed by atoms with Crippen molar-refractivity contribution in [3.05, 3.63) is 101 Å². The van der Waals surface area contributed by atoms with Gasteiger partial charge in [-0.05, 0) is 54.7 Å². The van der Waals surface area contributed by atoms with Gasteiger partial charge in [-0.25, -0.2) is 0 Å². The zero-order valence-electron chi connectivity index (χ0n) is 14.0. The number of hydrogen-bond donors (Lipinski definition) is 1. The van der Waals surface area contributed by atoms with Gasteiger partial charge in [0.2, 0.25) is 0 Å². The molecule has 3 rings (SSSR count). The van der Waals surface area contributed by atoms with E-state index in [1.807, 2.05) is 68.4 Å². The molecule has 0 atom stereocenters. The van der Waals surface area contributed by atoms with Gasteiger partial charge in [0.05, 0.1) is 0 Å². The van der Waals surface area contributed by atoms with E-state index in [2.05, 4.69) is 23.5 Å². The highest BCUT2D eigenvalue weighted by molar-refractivity contribution is 6.05. The van der Waals surface area contributed by atoms with Crippen LogP contribution in [-0.4, -0.2) is 5.91 Å². The third kappa shape index (κ3) is 3.54. The molecule has 2 heteroatoms. The molecule has 0 spiro atoms. The minimum Gasteiger partial charge on any atom is -0.322 e. The van der Waals surface area contributed by atoms with Crippen LogP contribution in [0, 0.1) is 13.8 Å². The maximum absolute atomic E-state index is 12.7. The predicted octanol–water partition coefficient (Wildman–Crippen LogP) is 5.15. The first-order valence-corrected chi connectivity index (χ1v) is 8.14. The van der Waals surface area contributed by atoms with Crippen LogP contribution in [0.3, 0.4) is 0 Å². The normalized spacial score (nSPS) is 10.4. The summed E-state index contributed by atoms with van der Waals surface area (Å²) in [5, 5.41) is 3.08. The summed E-state index contributed by atoms with van der Waals surface area (Å²) in [5.41, 5.74) is 6.08. The molecule has 0 radical (unpaired) electrons. The van der Waals surface area contributed by atoms with Crippen molar-refractivity contribution in [2.45, 2.75) is 20.3 Å². The fourth-order valence-electron chi connectivity index (χ4n) is 2.80. The molecule has 0 aliphatic rings. The molecule has 0 unspecified atom stereocenters. The number of amides is 1. The van der Waals surface area contributed by atoms with Gasteiger partial charge in [-0.3, -0.25) is 4.79 Å². The van der Waals surface area contributed by atoms with Crippen LogP contribution < -0.4 is 5.32 Å². The van der Waals surface area contributed by atoms with Crippen molar-refractivity contribution in [1.82, 2.24) is 0 Å². The SMILES string of the molecule is Cc1cccc(C(=O)Nc2ccccc2Cc2ccccc2)c1C. The first-order valence-electron chi connectivity index (χ1n) is 8.14. The summed E-state index contributed by atoms with van der Waals surface area (Å²) >= 11 is 0. The van der Waals surface area contributed by atoms with Crippen molar-refractivity contribution < 1.29 is 4.79 Å². The highest BCUT2D eigenvalue weighted by atomic mass is 16.1. The maximum Gasteiger partial charge on any atom is 0.255 e. The van der Waals surface area contributed by atoms with Crippen molar-refractivity contribution in [2.24, 2.45) is 0 Å². The van der Waals surface area contributed by atoms with E-state index in [1.165, 1.54) is 5.56 Å². The largest absolute Gasteiger partial charge is 0.322 e. The Kier molecular flexibility index (Phi) is 4.76. The number of carbonyl (C=O) groups is 1. The summed E-state index contributed by atoms with van der Waals surface area (Å²) < 4.78 is 0. The third-order valence-electron chi connectivity index (χ3n) is 4.35. The zero-order chi connectivity index (χ0) is 16.9. The van der Waals surface area contributed by atoms with E-state index in [-0.39, 0.29) is 5.91 Å². The molecule has 0 saturated carbocycles. The van der Waals surface area contributed by atoms with Crippen LogP contribution in [0.25, 0.3) is 0 Å². The Morgan fingerprint density at radius 1 is 0.833 bits per heavy atom. The Balaban J connectivity index is 1.85. The molecule has 0 heterocycles. The number of para-hydroxylation sites is 1. The maximum atomic E-state index is 12.7. The minimum atomic E-state index is -0.0586. The standard InChI is InChI=1S/C22H21NO/c1-16-9-8-13-20(17(16)2)22(24)23-21-14-7-6-12-19(21)15-18-10-4-3-5-11-18/h3-14H,15H2,1-2H3,(H,23,24). The number of benzene rings is 3. The highest BCUT2D eigenvalue weighted by Gasteiger charge is 2.12. The lowest BCUT2D eigenvalue weighted by Crippen LogP contribution is -2.15. The Labute approximate surface area is 143 Å². The monoisotopic (exact) mass is 315 g/mol. The molecule has 0 bridgehead atoms. The fraction of sp³-hybridized carbons (Fsp3) is 0.136. The van der Waals surface area contributed by atoms with Gasteiger partial charge in [0, 0.05) is 11.3 Å². The van der Waals surface area contributed by atoms with Gasteiger partial charge in [-0.1, -0.05) is 60.7 Å². The molecule has 1 N–H and O–H groups in total. The van der Waals surface area contributed by atoms with Crippen molar-refractivity contribution in [3.63, 3.8) is 0 Å². The molecule has 24 heavy (non-hydrogen) atoms. The summed E-state index contributed by atoms with van der Waals surface area (Å²) in [4.78, 5) is 12.7. The van der Waals surface area contributed by atoms with Gasteiger partial charge in [-0.15, -0.1) is 0 Å². The molecule has 120 valence electrons. The molecular weight excluding hydrogens is 294 g/mol. The Morgan fingerprint density at radius 2 is 1.54 bits per heavy atom. The van der Waals surface area contributed by atoms with Gasteiger partial charge in [-0.2, -0.15) is 0 Å². The summed E-state index contributed by atoms with van der Waals surface area (Å²) in [6, 6.07) is 24.1. The Bertz CT molecular complexity index is 853. The van der Waals surface area contributed by atoms with Crippen LogP contribution in [0.1, 0.15) is 32.6 Å². The summed E-state index contributed by atoms with van der Waals surface area (Å²) in [5.74, 6) is -0.0586. The molecule has 3 aromatic carbocycles. The average Bonchev–Trinajstić information content (AvgIpc) is 2.60. The van der Waals surface area contributed by atoms with E-state index >= 15 is 0 Å². The number of hydrogen-bond acceptors (Lipinski definition) is 1. The van der Waals surface area contributed by atoms with Gasteiger partial charge in [0.15, 0.2) is 0 Å². The number of nitrogens with one attached hydrogen (secondary N) is 1. The van der Waals surface area contributed by atoms with Crippen molar-refractivity contribution in [1.29, 1.82) is 0 Å². The summed E-state index contributed by atoms with van der Waals surface area (Å²) in [6.07, 6.45) is 0.796. The van der Waals surface area contributed by atoms with Crippen LogP contribution in [-0.2, 0) is 6.42 Å². The lowest BCUT2D eigenvalue weighted by Gasteiger charge is -2.13. The third-order valence-corrected chi connectivity index (χ3v) is 4.35. The van der Waals surface area contributed by atoms with Crippen molar-refractivity contribution in [3.8, 4) is 0 Å². The van der Waals surface area contributed by atoms with E-state index in [0.29, 0.717) is 0 Å². The van der Waals surface area contributed by atoms with E-state index in [0.717, 1.165) is 34.4 Å². The smallest absolute Gasteiger partial charge is 0.255 e. The molecule has 0 aromatic heterocycles. The molecule has 2 nitrogen and oxygen atoms in total. The zero-order valence-corrected chi connectivity index (χ0v) is 14.0. The van der Waals surface area contributed by atoms with Gasteiger partial charge < -0.3 is 5.32 Å². The Morgan fingerprint density at radius 3 is 2.33 bits per heavy atom. The molecule has 1 amide bonds. The van der Waals surface area contributed by atoms with Crippen molar-refractivity contribution >= 4 is 11.6 Å². The first kappa shape index (κ1) is 16.0. The van der Waals surface area contributed by atoms with E-state index in [4.69, 9.17) is 0 Å². The summed E-state index contributed by atoms with van der Waals surface area (Å²) in [6.45, 7) is 4.01. The van der Waals surface area contributed by atoms with Gasteiger partial charge in [0.1, 0.15) is 0 Å². The molecule has 3 aromatic rings. The minimum absolute atomic E-state index is 0.0586. The summed E-state index contributed by atoms with van der Waals surface area (Å²) in [7, 11) is 0. The van der Waals surface area contributed by atoms with Crippen LogP contribution in [0.2, 0.25) is 0 Å². The Hall–Kier alpha value is -2.87. The van der Waals surface area contributed by atoms with Gasteiger partial charge in [0.25, 0.3) is 5.91 Å². The van der Waals surface area contributed by atoms with Gasteiger partial charge >= 0.3 is 0 Å². The molecular formula is C22H21NO. The number of aryl methyl sites for hydroxylation is 1. The second-order valence-corrected chi connectivity index (χ2v) is 6.02. The highest BCUT2D eigenvalue weighted by Crippen LogP contribution is 2.21. The van der Waals surface area contributed by atoms with Crippen LogP contribution in [0.5, 0.6) is 0 Å². The van der Waals surface area contributed by atoms with Crippen molar-refractivity contribution in [2.75, 3.05) is 5.32 Å². The van der Waals surface area contributed by atoms with Crippen LogP contribution in [0.4, 0.5) is 5.69 Å². The second kappa shape index (κ2) is 7.14.